The molecule has 20 heavy (non-hydrogen) atoms. The van der Waals surface area contributed by atoms with E-state index in [0.29, 0.717) is 17.9 Å². The largest absolute Gasteiger partial charge is 0.395 e. The average molecular weight is 293 g/mol. The number of nitrogens with one attached hydrogen (secondary N) is 1. The molecular weight excluding hydrogens is 270 g/mol. The fourth-order valence-corrected chi connectivity index (χ4v) is 2.62. The van der Waals surface area contributed by atoms with Crippen LogP contribution in [0.4, 0.5) is 0 Å². The number of aliphatic hydroxyl groups is 1. The van der Waals surface area contributed by atoms with E-state index in [9.17, 15) is 4.79 Å². The second-order valence-electron chi connectivity index (χ2n) is 5.10. The van der Waals surface area contributed by atoms with Gasteiger partial charge >= 0.3 is 0 Å². The van der Waals surface area contributed by atoms with Crippen molar-refractivity contribution in [2.24, 2.45) is 5.92 Å². The summed E-state index contributed by atoms with van der Waals surface area (Å²) >= 11 is 1.46. The minimum atomic E-state index is -0.0349. The fraction of sp³-hybridized carbons (Fsp3) is 0.562. The third-order valence-corrected chi connectivity index (χ3v) is 3.99. The van der Waals surface area contributed by atoms with Gasteiger partial charge < -0.3 is 10.4 Å². The molecule has 0 radical (unpaired) electrons. The predicted molar refractivity (Wildman–Crippen MR) is 83.9 cm³/mol. The van der Waals surface area contributed by atoms with Crippen LogP contribution in [-0.4, -0.2) is 23.7 Å². The number of hydrogen-bond donors (Lipinski definition) is 2. The van der Waals surface area contributed by atoms with Gasteiger partial charge in [-0.25, -0.2) is 0 Å². The van der Waals surface area contributed by atoms with Gasteiger partial charge in [-0.3, -0.25) is 4.79 Å². The van der Waals surface area contributed by atoms with E-state index in [4.69, 9.17) is 5.11 Å². The van der Waals surface area contributed by atoms with Crippen molar-refractivity contribution < 1.29 is 9.90 Å². The van der Waals surface area contributed by atoms with E-state index >= 15 is 0 Å². The molecule has 0 bridgehead atoms. The molecule has 110 valence electrons. The molecule has 1 aromatic rings. The van der Waals surface area contributed by atoms with Crippen LogP contribution >= 0.6 is 11.3 Å². The van der Waals surface area contributed by atoms with Gasteiger partial charge in [0.15, 0.2) is 0 Å². The second kappa shape index (κ2) is 8.78. The highest BCUT2D eigenvalue weighted by Crippen LogP contribution is 2.15. The molecule has 2 atom stereocenters. The lowest BCUT2D eigenvalue weighted by molar-refractivity contribution is 0.0936. The van der Waals surface area contributed by atoms with Crippen molar-refractivity contribution in [3.05, 3.63) is 21.9 Å². The highest BCUT2D eigenvalue weighted by atomic mass is 32.1. The van der Waals surface area contributed by atoms with Crippen molar-refractivity contribution in [3.8, 4) is 11.8 Å². The molecule has 1 heterocycles. The fourth-order valence-electron chi connectivity index (χ4n) is 1.86. The van der Waals surface area contributed by atoms with Crippen molar-refractivity contribution in [3.63, 3.8) is 0 Å². The van der Waals surface area contributed by atoms with Crippen molar-refractivity contribution in [2.75, 3.05) is 6.61 Å². The zero-order valence-corrected chi connectivity index (χ0v) is 13.2. The average Bonchev–Trinajstić information content (AvgIpc) is 2.87. The van der Waals surface area contributed by atoms with E-state index in [1.165, 1.54) is 11.3 Å². The molecule has 1 amide bonds. The smallest absolute Gasteiger partial charge is 0.252 e. The van der Waals surface area contributed by atoms with Crippen LogP contribution in [0.15, 0.2) is 11.4 Å². The molecular formula is C16H23NO2S. The Kier molecular flexibility index (Phi) is 7.35. The summed E-state index contributed by atoms with van der Waals surface area (Å²) in [5.41, 5.74) is 0.666. The zero-order valence-electron chi connectivity index (χ0n) is 12.4. The molecule has 3 nitrogen and oxygen atoms in total. The number of carbonyl (C=O) groups is 1. The second-order valence-corrected chi connectivity index (χ2v) is 6.01. The van der Waals surface area contributed by atoms with Crippen molar-refractivity contribution >= 4 is 17.2 Å². The molecule has 0 aromatic carbocycles. The highest BCUT2D eigenvalue weighted by Gasteiger charge is 2.13. The predicted octanol–water partition coefficient (Wildman–Crippen LogP) is 3.04. The molecule has 2 N–H and O–H groups in total. The Hall–Kier alpha value is -1.31. The van der Waals surface area contributed by atoms with Gasteiger partial charge in [0, 0.05) is 17.8 Å². The van der Waals surface area contributed by atoms with Gasteiger partial charge in [-0.2, -0.15) is 0 Å². The third kappa shape index (κ3) is 5.77. The lowest BCUT2D eigenvalue weighted by Crippen LogP contribution is -2.33. The summed E-state index contributed by atoms with van der Waals surface area (Å²) < 4.78 is 0. The van der Waals surface area contributed by atoms with Gasteiger partial charge in [0.2, 0.25) is 0 Å². The van der Waals surface area contributed by atoms with Crippen LogP contribution in [0.1, 0.15) is 55.3 Å². The van der Waals surface area contributed by atoms with E-state index in [0.717, 1.165) is 17.7 Å². The summed E-state index contributed by atoms with van der Waals surface area (Å²) in [6.45, 7) is 6.47. The van der Waals surface area contributed by atoms with Crippen molar-refractivity contribution in [1.29, 1.82) is 0 Å². The first-order valence-electron chi connectivity index (χ1n) is 7.05. The Labute approximate surface area is 125 Å². The van der Waals surface area contributed by atoms with Gasteiger partial charge in [-0.05, 0) is 25.3 Å². The molecule has 0 saturated carbocycles. The molecule has 0 aliphatic heterocycles. The van der Waals surface area contributed by atoms with Crippen LogP contribution in [0, 0.1) is 17.8 Å². The Bertz CT molecular complexity index is 484. The maximum Gasteiger partial charge on any atom is 0.252 e. The first kappa shape index (κ1) is 16.7. The van der Waals surface area contributed by atoms with E-state index in [2.05, 4.69) is 31.0 Å². The Morgan fingerprint density at radius 3 is 2.90 bits per heavy atom. The third-order valence-electron chi connectivity index (χ3n) is 3.14. The minimum Gasteiger partial charge on any atom is -0.395 e. The van der Waals surface area contributed by atoms with E-state index in [1.54, 1.807) is 6.07 Å². The summed E-state index contributed by atoms with van der Waals surface area (Å²) in [5.74, 6) is 6.38. The quantitative estimate of drug-likeness (QED) is 0.792. The molecule has 1 aromatic heterocycles. The number of hydrogen-bond acceptors (Lipinski definition) is 3. The van der Waals surface area contributed by atoms with Crippen LogP contribution in [0.25, 0.3) is 0 Å². The number of thiophene rings is 1. The van der Waals surface area contributed by atoms with Crippen LogP contribution in [-0.2, 0) is 0 Å². The summed E-state index contributed by atoms with van der Waals surface area (Å²) in [4.78, 5) is 12.9. The van der Waals surface area contributed by atoms with Gasteiger partial charge in [0.1, 0.15) is 0 Å². The molecule has 2 unspecified atom stereocenters. The molecule has 0 saturated heterocycles. The lowest BCUT2D eigenvalue weighted by Gasteiger charge is -2.17. The van der Waals surface area contributed by atoms with E-state index in [1.807, 2.05) is 12.3 Å². The summed E-state index contributed by atoms with van der Waals surface area (Å²) in [6.07, 6.45) is 2.59. The molecule has 0 spiro atoms. The Morgan fingerprint density at radius 2 is 2.25 bits per heavy atom. The Balaban J connectivity index is 2.54. The monoisotopic (exact) mass is 293 g/mol. The van der Waals surface area contributed by atoms with E-state index < -0.39 is 0 Å². The normalized spacial score (nSPS) is 13.2. The number of rotatable bonds is 6. The first-order valence-corrected chi connectivity index (χ1v) is 7.93. The number of aliphatic hydroxyl groups excluding tert-OH is 1. The molecule has 0 fully saturated rings. The van der Waals surface area contributed by atoms with E-state index in [-0.39, 0.29) is 18.6 Å². The number of amides is 1. The molecule has 1 rings (SSSR count). The molecule has 4 heteroatoms. The van der Waals surface area contributed by atoms with Gasteiger partial charge in [0.25, 0.3) is 5.91 Å². The van der Waals surface area contributed by atoms with Crippen LogP contribution in [0.5, 0.6) is 0 Å². The zero-order chi connectivity index (χ0) is 15.0. The van der Waals surface area contributed by atoms with Gasteiger partial charge in [0.05, 0.1) is 17.0 Å². The SMILES string of the molecule is CCC(C)CC(C)NC(=O)c1csc(C#CCCO)c1. The maximum absolute atomic E-state index is 12.1. The summed E-state index contributed by atoms with van der Waals surface area (Å²) in [6, 6.07) is 1.99. The molecule has 0 aliphatic carbocycles. The topological polar surface area (TPSA) is 49.3 Å². The van der Waals surface area contributed by atoms with Gasteiger partial charge in [-0.15, -0.1) is 11.3 Å². The van der Waals surface area contributed by atoms with Crippen LogP contribution < -0.4 is 5.32 Å². The van der Waals surface area contributed by atoms with Crippen molar-refractivity contribution in [2.45, 2.75) is 46.1 Å². The highest BCUT2D eigenvalue weighted by molar-refractivity contribution is 7.10. The Morgan fingerprint density at radius 1 is 1.50 bits per heavy atom. The summed E-state index contributed by atoms with van der Waals surface area (Å²) in [7, 11) is 0. The van der Waals surface area contributed by atoms with Crippen LogP contribution in [0.2, 0.25) is 0 Å². The maximum atomic E-state index is 12.1. The summed E-state index contributed by atoms with van der Waals surface area (Å²) in [5, 5.41) is 13.5. The van der Waals surface area contributed by atoms with Crippen molar-refractivity contribution in [1.82, 2.24) is 5.32 Å². The lowest BCUT2D eigenvalue weighted by atomic mass is 10.0. The first-order chi connectivity index (χ1) is 9.56. The molecule has 0 aliphatic rings. The van der Waals surface area contributed by atoms with Crippen LogP contribution in [0.3, 0.4) is 0 Å². The standard InChI is InChI=1S/C16H23NO2S/c1-4-12(2)9-13(3)17-16(19)14-10-15(20-11-14)7-5-6-8-18/h10-13,18H,4,6,8-9H2,1-3H3,(H,17,19). The van der Waals surface area contributed by atoms with Gasteiger partial charge in [-0.1, -0.05) is 32.1 Å². The minimum absolute atomic E-state index is 0.0349. The number of carbonyl (C=O) groups excluding carboxylic acids is 1.